The second-order valence-electron chi connectivity index (χ2n) is 4.40. The summed E-state index contributed by atoms with van der Waals surface area (Å²) in [5.74, 6) is -0.453. The molecule has 0 amide bonds. The molecule has 0 spiro atoms. The summed E-state index contributed by atoms with van der Waals surface area (Å²) in [6.07, 6.45) is 0. The minimum atomic E-state index is -3.79. The quantitative estimate of drug-likeness (QED) is 0.887. The monoisotopic (exact) mass is 328 g/mol. The first-order valence-corrected chi connectivity index (χ1v) is 8.00. The fourth-order valence-corrected chi connectivity index (χ4v) is 3.10. The van der Waals surface area contributed by atoms with E-state index < -0.39 is 15.8 Å². The first-order chi connectivity index (χ1) is 9.92. The van der Waals surface area contributed by atoms with Gasteiger partial charge in [0.1, 0.15) is 5.82 Å². The normalized spacial score (nSPS) is 11.4. The highest BCUT2D eigenvalue weighted by molar-refractivity contribution is 7.92. The van der Waals surface area contributed by atoms with Gasteiger partial charge in [-0.1, -0.05) is 17.7 Å². The van der Waals surface area contributed by atoms with Crippen molar-refractivity contribution in [3.63, 3.8) is 0 Å². The summed E-state index contributed by atoms with van der Waals surface area (Å²) < 4.78 is 40.5. The Kier molecular flexibility index (Phi) is 4.82. The number of rotatable bonds is 5. The van der Waals surface area contributed by atoms with Crippen molar-refractivity contribution in [1.29, 1.82) is 0 Å². The molecule has 0 unspecified atom stereocenters. The van der Waals surface area contributed by atoms with Gasteiger partial charge in [0.2, 0.25) is 0 Å². The summed E-state index contributed by atoms with van der Waals surface area (Å²) in [5.41, 5.74) is 0.633. The highest BCUT2D eigenvalue weighted by Crippen LogP contribution is 2.21. The van der Waals surface area contributed by atoms with Crippen LogP contribution in [0.4, 0.5) is 10.1 Å². The Labute approximate surface area is 128 Å². The lowest BCUT2D eigenvalue weighted by Crippen LogP contribution is -2.14. The van der Waals surface area contributed by atoms with E-state index in [9.17, 15) is 12.8 Å². The maximum atomic E-state index is 13.6. The van der Waals surface area contributed by atoms with Crippen molar-refractivity contribution in [2.75, 3.05) is 11.8 Å². The van der Waals surface area contributed by atoms with Crippen LogP contribution in [0.2, 0.25) is 5.02 Å². The lowest BCUT2D eigenvalue weighted by Gasteiger charge is -2.10. The van der Waals surface area contributed by atoms with Crippen LogP contribution in [0, 0.1) is 5.82 Å². The molecule has 112 valence electrons. The van der Waals surface area contributed by atoms with Gasteiger partial charge in [0, 0.05) is 17.1 Å². The average molecular weight is 329 g/mol. The first-order valence-electron chi connectivity index (χ1n) is 6.14. The molecule has 2 rings (SSSR count). The molecule has 2 N–H and O–H groups in total. The topological polar surface area (TPSA) is 58.2 Å². The van der Waals surface area contributed by atoms with Gasteiger partial charge < -0.3 is 5.32 Å². The largest absolute Gasteiger partial charge is 0.316 e. The van der Waals surface area contributed by atoms with Gasteiger partial charge in [0.25, 0.3) is 10.0 Å². The van der Waals surface area contributed by atoms with E-state index in [1.165, 1.54) is 18.2 Å². The number of hydrogen-bond donors (Lipinski definition) is 2. The highest BCUT2D eigenvalue weighted by atomic mass is 35.5. The van der Waals surface area contributed by atoms with Crippen LogP contribution < -0.4 is 10.0 Å². The second kappa shape index (κ2) is 6.43. The third kappa shape index (κ3) is 3.93. The molecule has 21 heavy (non-hydrogen) atoms. The molecule has 0 heterocycles. The summed E-state index contributed by atoms with van der Waals surface area (Å²) in [6.45, 7) is 0.242. The van der Waals surface area contributed by atoms with E-state index in [1.807, 2.05) is 0 Å². The summed E-state index contributed by atoms with van der Waals surface area (Å²) in [6, 6.07) is 10.0. The number of nitrogens with one attached hydrogen (secondary N) is 2. The van der Waals surface area contributed by atoms with Crippen LogP contribution in [0.15, 0.2) is 47.4 Å². The van der Waals surface area contributed by atoms with Gasteiger partial charge in [-0.25, -0.2) is 12.8 Å². The van der Waals surface area contributed by atoms with Crippen molar-refractivity contribution in [2.24, 2.45) is 0 Å². The molecule has 2 aromatic carbocycles. The van der Waals surface area contributed by atoms with Crippen LogP contribution in [-0.4, -0.2) is 15.5 Å². The van der Waals surface area contributed by atoms with Gasteiger partial charge in [-0.05, 0) is 43.4 Å². The summed E-state index contributed by atoms with van der Waals surface area (Å²) >= 11 is 5.81. The van der Waals surface area contributed by atoms with Crippen LogP contribution in [0.3, 0.4) is 0 Å². The summed E-state index contributed by atoms with van der Waals surface area (Å²) in [5, 5.41) is 3.21. The molecule has 0 bridgehead atoms. The SMILES string of the molecule is CNCc1cc(S(=O)(=O)Nc2cccc(Cl)c2)ccc1F. The van der Waals surface area contributed by atoms with Crippen molar-refractivity contribution in [2.45, 2.75) is 11.4 Å². The maximum Gasteiger partial charge on any atom is 0.261 e. The Morgan fingerprint density at radius 3 is 2.62 bits per heavy atom. The van der Waals surface area contributed by atoms with Gasteiger partial charge in [-0.15, -0.1) is 0 Å². The predicted octanol–water partition coefficient (Wildman–Crippen LogP) is 3.00. The predicted molar refractivity (Wildman–Crippen MR) is 81.4 cm³/mol. The van der Waals surface area contributed by atoms with E-state index in [-0.39, 0.29) is 17.0 Å². The molecule has 0 saturated heterocycles. The molecule has 2 aromatic rings. The molecular weight excluding hydrogens is 315 g/mol. The molecule has 0 aliphatic rings. The summed E-state index contributed by atoms with van der Waals surface area (Å²) in [7, 11) is -2.13. The molecule has 4 nitrogen and oxygen atoms in total. The minimum Gasteiger partial charge on any atom is -0.316 e. The highest BCUT2D eigenvalue weighted by Gasteiger charge is 2.16. The number of hydrogen-bond acceptors (Lipinski definition) is 3. The molecule has 0 fully saturated rings. The fourth-order valence-electron chi connectivity index (χ4n) is 1.81. The molecule has 0 saturated carbocycles. The Morgan fingerprint density at radius 2 is 1.95 bits per heavy atom. The zero-order valence-corrected chi connectivity index (χ0v) is 12.8. The van der Waals surface area contributed by atoms with Gasteiger partial charge in [-0.2, -0.15) is 0 Å². The van der Waals surface area contributed by atoms with E-state index in [0.717, 1.165) is 6.07 Å². The number of halogens is 2. The van der Waals surface area contributed by atoms with Crippen LogP contribution in [0.5, 0.6) is 0 Å². The standard InChI is InChI=1S/C14H14ClFN2O2S/c1-17-9-10-7-13(5-6-14(10)16)21(19,20)18-12-4-2-3-11(15)8-12/h2-8,17-18H,9H2,1H3. The molecule has 0 radical (unpaired) electrons. The van der Waals surface area contributed by atoms with E-state index in [0.29, 0.717) is 10.7 Å². The zero-order valence-electron chi connectivity index (χ0n) is 11.2. The Bertz CT molecular complexity index is 750. The summed E-state index contributed by atoms with van der Waals surface area (Å²) in [4.78, 5) is -0.00544. The fraction of sp³-hybridized carbons (Fsp3) is 0.143. The lowest BCUT2D eigenvalue weighted by atomic mass is 10.2. The molecule has 0 aliphatic carbocycles. The van der Waals surface area contributed by atoms with Crippen molar-refractivity contribution in [3.8, 4) is 0 Å². The number of sulfonamides is 1. The van der Waals surface area contributed by atoms with Gasteiger partial charge in [-0.3, -0.25) is 4.72 Å². The Hall–Kier alpha value is -1.63. The van der Waals surface area contributed by atoms with Gasteiger partial charge in [0.05, 0.1) is 10.6 Å². The molecular formula is C14H14ClFN2O2S. The number of anilines is 1. The van der Waals surface area contributed by atoms with Crippen molar-refractivity contribution in [1.82, 2.24) is 5.32 Å². The smallest absolute Gasteiger partial charge is 0.261 e. The van der Waals surface area contributed by atoms with Gasteiger partial charge >= 0.3 is 0 Å². The van der Waals surface area contributed by atoms with Crippen LogP contribution in [-0.2, 0) is 16.6 Å². The molecule has 0 aliphatic heterocycles. The van der Waals surface area contributed by atoms with Crippen LogP contribution >= 0.6 is 11.6 Å². The maximum absolute atomic E-state index is 13.6. The Morgan fingerprint density at radius 1 is 1.19 bits per heavy atom. The third-order valence-corrected chi connectivity index (χ3v) is 4.39. The van der Waals surface area contributed by atoms with E-state index >= 15 is 0 Å². The van der Waals surface area contributed by atoms with E-state index in [2.05, 4.69) is 10.0 Å². The second-order valence-corrected chi connectivity index (χ2v) is 6.52. The van der Waals surface area contributed by atoms with Gasteiger partial charge in [0.15, 0.2) is 0 Å². The van der Waals surface area contributed by atoms with Crippen molar-refractivity contribution >= 4 is 27.3 Å². The zero-order chi connectivity index (χ0) is 15.5. The third-order valence-electron chi connectivity index (χ3n) is 2.77. The van der Waals surface area contributed by atoms with E-state index in [4.69, 9.17) is 11.6 Å². The number of benzene rings is 2. The lowest BCUT2D eigenvalue weighted by molar-refractivity contribution is 0.592. The van der Waals surface area contributed by atoms with Crippen molar-refractivity contribution < 1.29 is 12.8 Å². The minimum absolute atomic E-state index is 0.00544. The van der Waals surface area contributed by atoms with Crippen molar-refractivity contribution in [3.05, 3.63) is 58.9 Å². The first kappa shape index (κ1) is 15.8. The molecule has 0 atom stereocenters. The molecule has 0 aromatic heterocycles. The molecule has 7 heteroatoms. The average Bonchev–Trinajstić information content (AvgIpc) is 2.41. The van der Waals surface area contributed by atoms with Crippen LogP contribution in [0.1, 0.15) is 5.56 Å². The van der Waals surface area contributed by atoms with Crippen LogP contribution in [0.25, 0.3) is 0 Å². The van der Waals surface area contributed by atoms with E-state index in [1.54, 1.807) is 25.2 Å². The Balaban J connectivity index is 2.33.